The molecule has 1 amide bonds. The number of halogens is 3. The van der Waals surface area contributed by atoms with Crippen molar-refractivity contribution in [1.82, 2.24) is 4.90 Å². The third kappa shape index (κ3) is 2.90. The second-order valence-electron chi connectivity index (χ2n) is 3.98. The lowest BCUT2D eigenvalue weighted by atomic mass is 10.1. The molecule has 1 aliphatic rings. The topological polar surface area (TPSA) is 29.5 Å². The molecule has 1 aromatic carbocycles. The van der Waals surface area contributed by atoms with Crippen molar-refractivity contribution in [2.45, 2.75) is 6.04 Å². The zero-order valence-corrected chi connectivity index (χ0v) is 13.5. The SMILES string of the molecule is O=C(c1cccc(Br)c1Cl)N1CCOCC1CBr. The lowest BCUT2D eigenvalue weighted by molar-refractivity contribution is 0.00525. The van der Waals surface area contributed by atoms with E-state index in [1.165, 1.54) is 0 Å². The Bertz CT molecular complexity index is 456. The summed E-state index contributed by atoms with van der Waals surface area (Å²) in [5, 5.41) is 1.16. The van der Waals surface area contributed by atoms with Crippen LogP contribution in [-0.2, 0) is 4.74 Å². The highest BCUT2D eigenvalue weighted by molar-refractivity contribution is 9.10. The highest BCUT2D eigenvalue weighted by Crippen LogP contribution is 2.27. The molecule has 0 radical (unpaired) electrons. The quantitative estimate of drug-likeness (QED) is 0.717. The molecule has 0 aromatic heterocycles. The third-order valence-electron chi connectivity index (χ3n) is 2.85. The van der Waals surface area contributed by atoms with E-state index in [9.17, 15) is 4.79 Å². The number of rotatable bonds is 2. The molecule has 0 spiro atoms. The molecule has 1 heterocycles. The lowest BCUT2D eigenvalue weighted by Gasteiger charge is -2.34. The van der Waals surface area contributed by atoms with Gasteiger partial charge in [0.25, 0.3) is 5.91 Å². The summed E-state index contributed by atoms with van der Waals surface area (Å²) in [6.45, 7) is 1.72. The highest BCUT2D eigenvalue weighted by Gasteiger charge is 2.28. The van der Waals surface area contributed by atoms with Crippen LogP contribution >= 0.6 is 43.5 Å². The molecule has 1 aromatic rings. The largest absolute Gasteiger partial charge is 0.377 e. The van der Waals surface area contributed by atoms with Gasteiger partial charge in [-0.2, -0.15) is 0 Å². The maximum absolute atomic E-state index is 12.5. The Labute approximate surface area is 128 Å². The van der Waals surface area contributed by atoms with Crippen molar-refractivity contribution in [1.29, 1.82) is 0 Å². The average molecular weight is 397 g/mol. The fourth-order valence-electron chi connectivity index (χ4n) is 1.87. The zero-order chi connectivity index (χ0) is 13.1. The summed E-state index contributed by atoms with van der Waals surface area (Å²) in [5.74, 6) is -0.0472. The maximum atomic E-state index is 12.5. The van der Waals surface area contributed by atoms with Crippen LogP contribution in [0.4, 0.5) is 0 Å². The molecule has 3 nitrogen and oxygen atoms in total. The second kappa shape index (κ2) is 6.37. The Balaban J connectivity index is 2.27. The van der Waals surface area contributed by atoms with Gasteiger partial charge >= 0.3 is 0 Å². The van der Waals surface area contributed by atoms with Crippen molar-refractivity contribution in [3.63, 3.8) is 0 Å². The van der Waals surface area contributed by atoms with Crippen molar-refractivity contribution in [3.05, 3.63) is 33.3 Å². The highest BCUT2D eigenvalue weighted by atomic mass is 79.9. The van der Waals surface area contributed by atoms with E-state index >= 15 is 0 Å². The van der Waals surface area contributed by atoms with Crippen LogP contribution in [0.3, 0.4) is 0 Å². The average Bonchev–Trinajstić information content (AvgIpc) is 2.41. The van der Waals surface area contributed by atoms with Crippen LogP contribution in [0.15, 0.2) is 22.7 Å². The Hall–Kier alpha value is -0.100. The van der Waals surface area contributed by atoms with Crippen molar-refractivity contribution < 1.29 is 9.53 Å². The molecule has 1 saturated heterocycles. The van der Waals surface area contributed by atoms with E-state index in [1.807, 2.05) is 17.0 Å². The van der Waals surface area contributed by atoms with E-state index in [-0.39, 0.29) is 11.9 Å². The molecule has 1 fully saturated rings. The number of amides is 1. The van der Waals surface area contributed by atoms with Crippen molar-refractivity contribution in [3.8, 4) is 0 Å². The van der Waals surface area contributed by atoms with Gasteiger partial charge < -0.3 is 9.64 Å². The van der Waals surface area contributed by atoms with Gasteiger partial charge in [-0.25, -0.2) is 0 Å². The number of morpholine rings is 1. The van der Waals surface area contributed by atoms with Gasteiger partial charge in [0, 0.05) is 16.3 Å². The smallest absolute Gasteiger partial charge is 0.255 e. The van der Waals surface area contributed by atoms with E-state index in [1.54, 1.807) is 6.07 Å². The maximum Gasteiger partial charge on any atom is 0.255 e. The predicted octanol–water partition coefficient (Wildman–Crippen LogP) is 3.34. The van der Waals surface area contributed by atoms with Gasteiger partial charge in [-0.15, -0.1) is 0 Å². The molecule has 0 aliphatic carbocycles. The van der Waals surface area contributed by atoms with Crippen LogP contribution in [0.5, 0.6) is 0 Å². The minimum atomic E-state index is -0.0472. The number of nitrogens with zero attached hydrogens (tertiary/aromatic N) is 1. The fraction of sp³-hybridized carbons (Fsp3) is 0.417. The van der Waals surface area contributed by atoms with Crippen molar-refractivity contribution in [2.75, 3.05) is 25.1 Å². The van der Waals surface area contributed by atoms with Crippen LogP contribution in [0.2, 0.25) is 5.02 Å². The first-order chi connectivity index (χ1) is 8.65. The summed E-state index contributed by atoms with van der Waals surface area (Å²) < 4.78 is 6.11. The Morgan fingerprint density at radius 2 is 2.33 bits per heavy atom. The monoisotopic (exact) mass is 395 g/mol. The Morgan fingerprint density at radius 3 is 3.06 bits per heavy atom. The first kappa shape index (κ1) is 14.3. The van der Waals surface area contributed by atoms with E-state index in [4.69, 9.17) is 16.3 Å². The minimum Gasteiger partial charge on any atom is -0.377 e. The number of ether oxygens (including phenoxy) is 1. The summed E-state index contributed by atoms with van der Waals surface area (Å²) in [5.41, 5.74) is 0.527. The zero-order valence-electron chi connectivity index (χ0n) is 9.54. The minimum absolute atomic E-state index is 0.0472. The molecule has 0 N–H and O–H groups in total. The number of carbonyl (C=O) groups excluding carboxylic acids is 1. The normalized spacial score (nSPS) is 19.9. The molecule has 98 valence electrons. The molecule has 6 heteroatoms. The standard InChI is InChI=1S/C12H12Br2ClNO2/c13-6-8-7-18-5-4-16(8)12(17)9-2-1-3-10(14)11(9)15/h1-3,8H,4-7H2. The van der Waals surface area contributed by atoms with E-state index in [0.717, 1.165) is 4.47 Å². The summed E-state index contributed by atoms with van der Waals surface area (Å²) in [7, 11) is 0. The lowest BCUT2D eigenvalue weighted by Crippen LogP contribution is -2.49. The van der Waals surface area contributed by atoms with Gasteiger partial charge in [0.05, 0.1) is 29.8 Å². The Morgan fingerprint density at radius 1 is 1.56 bits per heavy atom. The molecule has 0 saturated carbocycles. The summed E-state index contributed by atoms with van der Waals surface area (Å²) in [4.78, 5) is 14.3. The third-order valence-corrected chi connectivity index (χ3v) is 4.89. The van der Waals surface area contributed by atoms with Crippen molar-refractivity contribution >= 4 is 49.4 Å². The number of benzene rings is 1. The van der Waals surface area contributed by atoms with Crippen LogP contribution in [0.1, 0.15) is 10.4 Å². The van der Waals surface area contributed by atoms with Gasteiger partial charge in [0.15, 0.2) is 0 Å². The van der Waals surface area contributed by atoms with Crippen molar-refractivity contribution in [2.24, 2.45) is 0 Å². The summed E-state index contributed by atoms with van der Waals surface area (Å²) in [6, 6.07) is 5.44. The molecule has 1 aliphatic heterocycles. The predicted molar refractivity (Wildman–Crippen MR) is 78.6 cm³/mol. The summed E-state index contributed by atoms with van der Waals surface area (Å²) >= 11 is 12.9. The summed E-state index contributed by atoms with van der Waals surface area (Å²) in [6.07, 6.45) is 0. The van der Waals surface area contributed by atoms with Gasteiger partial charge in [-0.1, -0.05) is 33.6 Å². The molecule has 0 bridgehead atoms. The van der Waals surface area contributed by atoms with Crippen LogP contribution in [0.25, 0.3) is 0 Å². The van der Waals surface area contributed by atoms with E-state index in [0.29, 0.717) is 35.7 Å². The van der Waals surface area contributed by atoms with Crippen LogP contribution in [-0.4, -0.2) is 41.9 Å². The van der Waals surface area contributed by atoms with Crippen LogP contribution in [0, 0.1) is 0 Å². The van der Waals surface area contributed by atoms with Gasteiger partial charge in [0.2, 0.25) is 0 Å². The molecular formula is C12H12Br2ClNO2. The Kier molecular flexibility index (Phi) is 5.06. The number of carbonyl (C=O) groups is 1. The number of alkyl halides is 1. The van der Waals surface area contributed by atoms with E-state index < -0.39 is 0 Å². The number of hydrogen-bond acceptors (Lipinski definition) is 2. The van der Waals surface area contributed by atoms with Crippen LogP contribution < -0.4 is 0 Å². The first-order valence-electron chi connectivity index (χ1n) is 5.54. The second-order valence-corrected chi connectivity index (χ2v) is 5.86. The van der Waals surface area contributed by atoms with Gasteiger partial charge in [0.1, 0.15) is 0 Å². The number of hydrogen-bond donors (Lipinski definition) is 0. The van der Waals surface area contributed by atoms with Gasteiger partial charge in [-0.05, 0) is 28.1 Å². The van der Waals surface area contributed by atoms with E-state index in [2.05, 4.69) is 31.9 Å². The first-order valence-corrected chi connectivity index (χ1v) is 7.83. The van der Waals surface area contributed by atoms with Gasteiger partial charge in [-0.3, -0.25) is 4.79 Å². The molecule has 1 unspecified atom stereocenters. The molecular weight excluding hydrogens is 385 g/mol. The molecule has 1 atom stereocenters. The fourth-order valence-corrected chi connectivity index (χ4v) is 2.98. The molecule has 18 heavy (non-hydrogen) atoms. The molecule has 2 rings (SSSR count).